The molecule has 6 nitrogen and oxygen atoms in total. The third kappa shape index (κ3) is 4.27. The summed E-state index contributed by atoms with van der Waals surface area (Å²) < 4.78 is 26.6. The zero-order chi connectivity index (χ0) is 17.0. The first-order valence-corrected chi connectivity index (χ1v) is 9.43. The van der Waals surface area contributed by atoms with Gasteiger partial charge in [-0.2, -0.15) is 4.31 Å². The predicted octanol–water partition coefficient (Wildman–Crippen LogP) is 1.57. The second-order valence-electron chi connectivity index (χ2n) is 5.68. The van der Waals surface area contributed by atoms with Crippen LogP contribution >= 0.6 is 12.4 Å². The van der Waals surface area contributed by atoms with Gasteiger partial charge in [0.05, 0.1) is 4.90 Å². The van der Waals surface area contributed by atoms with Crippen LogP contribution in [0.15, 0.2) is 29.2 Å². The number of hydrogen-bond acceptors (Lipinski definition) is 4. The fourth-order valence-corrected chi connectivity index (χ4v) is 4.35. The van der Waals surface area contributed by atoms with Crippen LogP contribution in [0.25, 0.3) is 0 Å². The molecule has 0 aromatic heterocycles. The molecular weight excluding hydrogens is 350 g/mol. The maximum absolute atomic E-state index is 12.6. The molecule has 1 saturated heterocycles. The van der Waals surface area contributed by atoms with Gasteiger partial charge in [-0.15, -0.1) is 12.4 Å². The lowest BCUT2D eigenvalue weighted by atomic mass is 10.1. The number of halogens is 1. The summed E-state index contributed by atoms with van der Waals surface area (Å²) in [7, 11) is -1.78. The summed E-state index contributed by atoms with van der Waals surface area (Å²) in [6.07, 6.45) is 0.916. The summed E-state index contributed by atoms with van der Waals surface area (Å²) in [5.74, 6) is -0.143. The van der Waals surface area contributed by atoms with Crippen molar-refractivity contribution in [1.29, 1.82) is 0 Å². The molecule has 0 aliphatic carbocycles. The standard InChI is InChI=1S/C16H25N3O3S.ClH/c1-4-19(5-2)23(21,22)15-8-6-7-13(11-15)16(20)18(3)14-9-10-17-12-14;/h6-8,11,14,17H,4-5,9-10,12H2,1-3H3;1H. The van der Waals surface area contributed by atoms with Crippen molar-refractivity contribution in [2.75, 3.05) is 33.2 Å². The summed E-state index contributed by atoms with van der Waals surface area (Å²) in [5, 5.41) is 3.23. The van der Waals surface area contributed by atoms with E-state index in [9.17, 15) is 13.2 Å². The van der Waals surface area contributed by atoms with Gasteiger partial charge in [0.1, 0.15) is 0 Å². The molecule has 24 heavy (non-hydrogen) atoms. The van der Waals surface area contributed by atoms with Crippen LogP contribution in [0.2, 0.25) is 0 Å². The predicted molar refractivity (Wildman–Crippen MR) is 97.2 cm³/mol. The quantitative estimate of drug-likeness (QED) is 0.819. The van der Waals surface area contributed by atoms with Crippen LogP contribution in [0.1, 0.15) is 30.6 Å². The smallest absolute Gasteiger partial charge is 0.253 e. The number of likely N-dealkylation sites (N-methyl/N-ethyl adjacent to an activating group) is 1. The Morgan fingerprint density at radius 1 is 1.29 bits per heavy atom. The summed E-state index contributed by atoms with van der Waals surface area (Å²) in [6, 6.07) is 6.48. The van der Waals surface area contributed by atoms with Gasteiger partial charge < -0.3 is 10.2 Å². The molecule has 0 bridgehead atoms. The zero-order valence-electron chi connectivity index (χ0n) is 14.4. The van der Waals surface area contributed by atoms with E-state index in [-0.39, 0.29) is 29.3 Å². The first-order chi connectivity index (χ1) is 10.9. The van der Waals surface area contributed by atoms with Crippen molar-refractivity contribution in [3.63, 3.8) is 0 Å². The second-order valence-corrected chi connectivity index (χ2v) is 7.62. The highest BCUT2D eigenvalue weighted by molar-refractivity contribution is 7.89. The van der Waals surface area contributed by atoms with Crippen molar-refractivity contribution >= 4 is 28.3 Å². The maximum atomic E-state index is 12.6. The lowest BCUT2D eigenvalue weighted by Crippen LogP contribution is -2.38. The van der Waals surface area contributed by atoms with Crippen LogP contribution in [-0.2, 0) is 10.0 Å². The zero-order valence-corrected chi connectivity index (χ0v) is 16.0. The van der Waals surface area contributed by atoms with Crippen molar-refractivity contribution < 1.29 is 13.2 Å². The Labute approximate surface area is 150 Å². The molecule has 0 saturated carbocycles. The van der Waals surface area contributed by atoms with E-state index in [0.29, 0.717) is 18.7 Å². The monoisotopic (exact) mass is 375 g/mol. The van der Waals surface area contributed by atoms with E-state index < -0.39 is 10.0 Å². The SMILES string of the molecule is CCN(CC)S(=O)(=O)c1cccc(C(=O)N(C)C2CCNC2)c1.Cl. The molecule has 1 aliphatic heterocycles. The molecule has 1 aromatic rings. The van der Waals surface area contributed by atoms with E-state index in [2.05, 4.69) is 5.32 Å². The molecular formula is C16H26ClN3O3S. The first kappa shape index (κ1) is 20.9. The topological polar surface area (TPSA) is 69.7 Å². The fourth-order valence-electron chi connectivity index (χ4n) is 2.84. The van der Waals surface area contributed by atoms with Crippen molar-refractivity contribution in [2.24, 2.45) is 0 Å². The van der Waals surface area contributed by atoms with Crippen molar-refractivity contribution in [1.82, 2.24) is 14.5 Å². The Bertz CT molecular complexity index is 656. The molecule has 8 heteroatoms. The first-order valence-electron chi connectivity index (χ1n) is 7.99. The van der Waals surface area contributed by atoms with Crippen molar-refractivity contribution in [3.8, 4) is 0 Å². The van der Waals surface area contributed by atoms with Crippen molar-refractivity contribution in [3.05, 3.63) is 29.8 Å². The molecule has 2 rings (SSSR count). The van der Waals surface area contributed by atoms with Crippen LogP contribution in [0.5, 0.6) is 0 Å². The maximum Gasteiger partial charge on any atom is 0.253 e. The Morgan fingerprint density at radius 2 is 1.96 bits per heavy atom. The van der Waals surface area contributed by atoms with Crippen LogP contribution in [-0.4, -0.2) is 62.8 Å². The molecule has 1 amide bonds. The summed E-state index contributed by atoms with van der Waals surface area (Å²) >= 11 is 0. The number of amides is 1. The van der Waals surface area contributed by atoms with Gasteiger partial charge >= 0.3 is 0 Å². The molecule has 1 unspecified atom stereocenters. The minimum absolute atomic E-state index is 0. The van der Waals surface area contributed by atoms with E-state index in [1.807, 2.05) is 0 Å². The molecule has 1 atom stereocenters. The molecule has 0 radical (unpaired) electrons. The van der Waals surface area contributed by atoms with E-state index >= 15 is 0 Å². The van der Waals surface area contributed by atoms with Crippen molar-refractivity contribution in [2.45, 2.75) is 31.2 Å². The van der Waals surface area contributed by atoms with Gasteiger partial charge in [0, 0.05) is 38.3 Å². The molecule has 1 aromatic carbocycles. The van der Waals surface area contributed by atoms with E-state index in [4.69, 9.17) is 0 Å². The number of nitrogens with one attached hydrogen (secondary N) is 1. The minimum atomic E-state index is -3.55. The second kappa shape index (κ2) is 8.80. The van der Waals surface area contributed by atoms with Crippen LogP contribution < -0.4 is 5.32 Å². The van der Waals surface area contributed by atoms with Crippen LogP contribution in [0, 0.1) is 0 Å². The number of rotatable bonds is 6. The van der Waals surface area contributed by atoms with Gasteiger partial charge in [-0.25, -0.2) is 8.42 Å². The van der Waals surface area contributed by atoms with Gasteiger partial charge in [0.15, 0.2) is 0 Å². The molecule has 136 valence electrons. The third-order valence-corrected chi connectivity index (χ3v) is 6.37. The summed E-state index contributed by atoms with van der Waals surface area (Å²) in [5.41, 5.74) is 0.410. The molecule has 1 N–H and O–H groups in total. The van der Waals surface area contributed by atoms with E-state index in [1.165, 1.54) is 10.4 Å². The number of benzene rings is 1. The Kier molecular flexibility index (Phi) is 7.66. The van der Waals surface area contributed by atoms with Gasteiger partial charge in [0.2, 0.25) is 10.0 Å². The van der Waals surface area contributed by atoms with E-state index in [0.717, 1.165) is 19.5 Å². The van der Waals surface area contributed by atoms with E-state index in [1.54, 1.807) is 44.0 Å². The minimum Gasteiger partial charge on any atom is -0.337 e. The third-order valence-electron chi connectivity index (χ3n) is 4.33. The van der Waals surface area contributed by atoms with Gasteiger partial charge in [-0.05, 0) is 31.2 Å². The van der Waals surface area contributed by atoms with Crippen LogP contribution in [0.3, 0.4) is 0 Å². The average molecular weight is 376 g/mol. The fraction of sp³-hybridized carbons (Fsp3) is 0.562. The Balaban J connectivity index is 0.00000288. The largest absolute Gasteiger partial charge is 0.337 e. The molecule has 1 aliphatic rings. The lowest BCUT2D eigenvalue weighted by molar-refractivity contribution is 0.0743. The van der Waals surface area contributed by atoms with Gasteiger partial charge in [0.25, 0.3) is 5.91 Å². The molecule has 0 spiro atoms. The highest BCUT2D eigenvalue weighted by Crippen LogP contribution is 2.19. The molecule has 1 fully saturated rings. The summed E-state index contributed by atoms with van der Waals surface area (Å²) in [6.45, 7) is 6.10. The van der Waals surface area contributed by atoms with Gasteiger partial charge in [-0.1, -0.05) is 19.9 Å². The number of carbonyl (C=O) groups is 1. The molecule has 1 heterocycles. The Morgan fingerprint density at radius 3 is 2.50 bits per heavy atom. The normalized spacial score (nSPS) is 17.6. The number of sulfonamides is 1. The van der Waals surface area contributed by atoms with Gasteiger partial charge in [-0.3, -0.25) is 4.79 Å². The van der Waals surface area contributed by atoms with Crippen LogP contribution in [0.4, 0.5) is 0 Å². The number of carbonyl (C=O) groups excluding carboxylic acids is 1. The number of hydrogen-bond donors (Lipinski definition) is 1. The highest BCUT2D eigenvalue weighted by Gasteiger charge is 2.26. The number of nitrogens with zero attached hydrogens (tertiary/aromatic N) is 2. The summed E-state index contributed by atoms with van der Waals surface area (Å²) in [4.78, 5) is 14.5. The lowest BCUT2D eigenvalue weighted by Gasteiger charge is -2.24. The Hall–Kier alpha value is -1.15. The average Bonchev–Trinajstić information content (AvgIpc) is 3.09. The highest BCUT2D eigenvalue weighted by atomic mass is 35.5.